The standard InChI is InChI=1S/C8H8N6O5.C7H8O3S/c9-8(12-15)11-10-4-5-2-1-3-6(13(16)17)7(5)14(18)19;1-6-2-4-7(5-3-6)11(8,9)10/h1-4,15H,(H3,9,11,12);2-5H,1H3,(H,8,9,10). The molecule has 2 rings (SSSR count). The van der Waals surface area contributed by atoms with Crippen LogP contribution in [0.2, 0.25) is 0 Å². The zero-order valence-corrected chi connectivity index (χ0v) is 16.0. The molecule has 2 aromatic rings. The van der Waals surface area contributed by atoms with Crippen LogP contribution >= 0.6 is 0 Å². The summed E-state index contributed by atoms with van der Waals surface area (Å²) < 4.78 is 29.6. The summed E-state index contributed by atoms with van der Waals surface area (Å²) in [5.41, 5.74) is 2.90. The maximum absolute atomic E-state index is 10.8. The van der Waals surface area contributed by atoms with E-state index in [1.165, 1.54) is 29.7 Å². The van der Waals surface area contributed by atoms with Gasteiger partial charge in [0, 0.05) is 6.07 Å². The lowest BCUT2D eigenvalue weighted by molar-refractivity contribution is -0.422. The molecule has 0 amide bonds. The topological polar surface area (TPSA) is 221 Å². The van der Waals surface area contributed by atoms with Gasteiger partial charge in [0.05, 0.1) is 26.5 Å². The van der Waals surface area contributed by atoms with E-state index in [1.807, 2.05) is 12.3 Å². The van der Waals surface area contributed by atoms with E-state index in [9.17, 15) is 28.6 Å². The van der Waals surface area contributed by atoms with Gasteiger partial charge in [-0.3, -0.25) is 35.4 Å². The summed E-state index contributed by atoms with van der Waals surface area (Å²) in [6.45, 7) is 1.84. The largest absolute Gasteiger partial charge is 0.354 e. The molecule has 0 aliphatic rings. The van der Waals surface area contributed by atoms with E-state index in [-0.39, 0.29) is 10.5 Å². The first-order valence-electron chi connectivity index (χ1n) is 7.71. The Morgan fingerprint density at radius 3 is 2.20 bits per heavy atom. The van der Waals surface area contributed by atoms with Gasteiger partial charge in [-0.25, -0.2) is 10.9 Å². The maximum atomic E-state index is 10.8. The second kappa shape index (κ2) is 10.6. The summed E-state index contributed by atoms with van der Waals surface area (Å²) in [5.74, 6) is -0.565. The molecule has 2 aromatic carbocycles. The van der Waals surface area contributed by atoms with E-state index >= 15 is 0 Å². The van der Waals surface area contributed by atoms with Crippen molar-refractivity contribution in [3.63, 3.8) is 0 Å². The Morgan fingerprint density at radius 1 is 1.13 bits per heavy atom. The van der Waals surface area contributed by atoms with E-state index in [1.54, 1.807) is 12.1 Å². The lowest BCUT2D eigenvalue weighted by atomic mass is 10.1. The van der Waals surface area contributed by atoms with Gasteiger partial charge in [-0.15, -0.1) is 0 Å². The number of guanidine groups is 1. The molecule has 14 nitrogen and oxygen atoms in total. The fourth-order valence-corrected chi connectivity index (χ4v) is 2.38. The highest BCUT2D eigenvalue weighted by Crippen LogP contribution is 2.29. The number of hydrazone groups is 1. The first-order valence-corrected chi connectivity index (χ1v) is 9.15. The molecule has 0 fully saturated rings. The van der Waals surface area contributed by atoms with E-state index < -0.39 is 37.3 Å². The summed E-state index contributed by atoms with van der Waals surface area (Å²) in [6.07, 6.45) is 0.928. The van der Waals surface area contributed by atoms with Crippen LogP contribution in [0, 0.1) is 32.6 Å². The summed E-state index contributed by atoms with van der Waals surface area (Å²) >= 11 is 0. The highest BCUT2D eigenvalue weighted by Gasteiger charge is 2.27. The Bertz CT molecular complexity index is 1070. The van der Waals surface area contributed by atoms with Crippen molar-refractivity contribution in [2.45, 2.75) is 11.8 Å². The Hall–Kier alpha value is -3.95. The summed E-state index contributed by atoms with van der Waals surface area (Å²) in [7, 11) is -4.02. The van der Waals surface area contributed by atoms with Crippen LogP contribution in [0.4, 0.5) is 11.4 Å². The van der Waals surface area contributed by atoms with Crippen LogP contribution in [0.15, 0.2) is 52.5 Å². The minimum Gasteiger partial charge on any atom is -0.288 e. The normalized spacial score (nSPS) is 10.6. The van der Waals surface area contributed by atoms with E-state index in [4.69, 9.17) is 15.2 Å². The molecular formula is C15H16N6O8S. The number of nitro groups is 2. The van der Waals surface area contributed by atoms with Crippen LogP contribution < -0.4 is 10.9 Å². The van der Waals surface area contributed by atoms with Crippen molar-refractivity contribution in [1.29, 1.82) is 5.41 Å². The van der Waals surface area contributed by atoms with Gasteiger partial charge in [0.25, 0.3) is 10.1 Å². The van der Waals surface area contributed by atoms with Gasteiger partial charge in [-0.1, -0.05) is 23.8 Å². The predicted molar refractivity (Wildman–Crippen MR) is 104 cm³/mol. The van der Waals surface area contributed by atoms with Crippen molar-refractivity contribution >= 4 is 33.7 Å². The van der Waals surface area contributed by atoms with Gasteiger partial charge >= 0.3 is 11.4 Å². The Morgan fingerprint density at radius 2 is 1.73 bits per heavy atom. The highest BCUT2D eigenvalue weighted by molar-refractivity contribution is 7.85. The smallest absolute Gasteiger partial charge is 0.288 e. The third-order valence-corrected chi connectivity index (χ3v) is 4.10. The molecule has 0 saturated heterocycles. The van der Waals surface area contributed by atoms with Crippen LogP contribution in [-0.2, 0) is 10.1 Å². The molecule has 5 N–H and O–H groups in total. The van der Waals surface area contributed by atoms with Crippen LogP contribution in [-0.4, -0.2) is 40.2 Å². The molecule has 0 unspecified atom stereocenters. The monoisotopic (exact) mass is 440 g/mol. The fraction of sp³-hybridized carbons (Fsp3) is 0.0667. The van der Waals surface area contributed by atoms with Crippen molar-refractivity contribution in [1.82, 2.24) is 10.9 Å². The molecule has 160 valence electrons. The molecule has 0 spiro atoms. The fourth-order valence-electron chi connectivity index (χ4n) is 1.90. The van der Waals surface area contributed by atoms with Crippen LogP contribution in [0.25, 0.3) is 0 Å². The average Bonchev–Trinajstić information content (AvgIpc) is 2.67. The van der Waals surface area contributed by atoms with E-state index in [2.05, 4.69) is 5.10 Å². The molecule has 0 radical (unpaired) electrons. The minimum absolute atomic E-state index is 0.0666. The van der Waals surface area contributed by atoms with Crippen LogP contribution in [0.5, 0.6) is 0 Å². The molecule has 0 aliphatic carbocycles. The molecule has 0 heterocycles. The second-order valence-corrected chi connectivity index (χ2v) is 6.80. The number of nitrogens with one attached hydrogen (secondary N) is 3. The second-order valence-electron chi connectivity index (χ2n) is 5.37. The van der Waals surface area contributed by atoms with Crippen molar-refractivity contribution in [2.24, 2.45) is 5.10 Å². The zero-order chi connectivity index (χ0) is 22.9. The number of hydrogen-bond acceptors (Lipinski definition) is 9. The van der Waals surface area contributed by atoms with Gasteiger partial charge in [0.15, 0.2) is 0 Å². The predicted octanol–water partition coefficient (Wildman–Crippen LogP) is 1.58. The third-order valence-electron chi connectivity index (χ3n) is 3.24. The lowest BCUT2D eigenvalue weighted by Gasteiger charge is -2.00. The quantitative estimate of drug-likeness (QED) is 0.148. The molecular weight excluding hydrogens is 424 g/mol. The van der Waals surface area contributed by atoms with Crippen molar-refractivity contribution in [2.75, 3.05) is 0 Å². The van der Waals surface area contributed by atoms with Crippen LogP contribution in [0.3, 0.4) is 0 Å². The molecule has 30 heavy (non-hydrogen) atoms. The number of nitro benzene ring substituents is 2. The number of nitrogens with zero attached hydrogens (tertiary/aromatic N) is 3. The third kappa shape index (κ3) is 7.23. The first-order chi connectivity index (χ1) is 14.0. The number of aryl methyl sites for hydroxylation is 1. The van der Waals surface area contributed by atoms with Gasteiger partial charge < -0.3 is 0 Å². The Kier molecular flexibility index (Phi) is 8.48. The number of benzene rings is 2. The number of rotatable bonds is 5. The van der Waals surface area contributed by atoms with E-state index in [0.29, 0.717) is 0 Å². The number of hydrogen-bond donors (Lipinski definition) is 5. The number of hydroxylamine groups is 1. The zero-order valence-electron chi connectivity index (χ0n) is 15.2. The molecule has 0 aliphatic heterocycles. The van der Waals surface area contributed by atoms with E-state index in [0.717, 1.165) is 17.8 Å². The first kappa shape index (κ1) is 24.1. The summed E-state index contributed by atoms with van der Waals surface area (Å²) in [5, 5.41) is 40.1. The van der Waals surface area contributed by atoms with Crippen LogP contribution in [0.1, 0.15) is 11.1 Å². The molecule has 15 heteroatoms. The Balaban J connectivity index is 0.000000346. The minimum atomic E-state index is -4.02. The van der Waals surface area contributed by atoms with Gasteiger partial charge in [0.1, 0.15) is 0 Å². The molecule has 0 aromatic heterocycles. The van der Waals surface area contributed by atoms with Crippen molar-refractivity contribution in [3.8, 4) is 0 Å². The number of para-hydroxylation sites is 1. The molecule has 0 atom stereocenters. The van der Waals surface area contributed by atoms with Crippen molar-refractivity contribution in [3.05, 3.63) is 73.8 Å². The maximum Gasteiger partial charge on any atom is 0.354 e. The molecule has 0 bridgehead atoms. The van der Waals surface area contributed by atoms with Crippen molar-refractivity contribution < 1.29 is 28.0 Å². The summed E-state index contributed by atoms with van der Waals surface area (Å²) in [6, 6.07) is 9.51. The lowest BCUT2D eigenvalue weighted by Crippen LogP contribution is -2.30. The summed E-state index contributed by atoms with van der Waals surface area (Å²) in [4.78, 5) is 19.7. The Labute approximate surface area is 169 Å². The van der Waals surface area contributed by atoms with Gasteiger partial charge in [-0.2, -0.15) is 13.5 Å². The molecule has 0 saturated carbocycles. The highest BCUT2D eigenvalue weighted by atomic mass is 32.2. The SMILES string of the molecule is Cc1ccc(S(=O)(=O)O)cc1.N=C(NO)NN=Cc1cccc([N+](=O)[O-])c1[N+](=O)[O-]. The average molecular weight is 440 g/mol. The van der Waals surface area contributed by atoms with Gasteiger partial charge in [0.2, 0.25) is 5.96 Å². The van der Waals surface area contributed by atoms with Gasteiger partial charge in [-0.05, 0) is 25.1 Å².